The Bertz CT molecular complexity index is 243. The van der Waals surface area contributed by atoms with Crippen molar-refractivity contribution < 1.29 is 4.39 Å². The molecule has 0 aliphatic rings. The Kier molecular flexibility index (Phi) is 2.33. The Labute approximate surface area is 64.6 Å². The van der Waals surface area contributed by atoms with Crippen LogP contribution in [0.4, 0.5) is 4.39 Å². The summed E-state index contributed by atoms with van der Waals surface area (Å²) >= 11 is 0. The van der Waals surface area contributed by atoms with Crippen LogP contribution < -0.4 is 5.73 Å². The predicted molar refractivity (Wildman–Crippen MR) is 41.3 cm³/mol. The highest BCUT2D eigenvalue weighted by Crippen LogP contribution is 2.07. The Hall–Kier alpha value is -1.22. The molecule has 2 N–H and O–H groups in total. The molecular weight excluding hydrogens is 143 g/mol. The smallest absolute Gasteiger partial charge is 0.141 e. The summed E-state index contributed by atoms with van der Waals surface area (Å²) in [6, 6.07) is 2.56. The average Bonchev–Trinajstić information content (AvgIpc) is 2.05. The van der Waals surface area contributed by atoms with Crippen LogP contribution in [0.15, 0.2) is 31.0 Å². The van der Waals surface area contributed by atoms with E-state index in [9.17, 15) is 4.39 Å². The third-order valence-electron chi connectivity index (χ3n) is 1.35. The zero-order valence-corrected chi connectivity index (χ0v) is 6.00. The number of nitrogens with two attached hydrogens (primary N) is 1. The van der Waals surface area contributed by atoms with Crippen molar-refractivity contribution >= 4 is 0 Å². The van der Waals surface area contributed by atoms with Crippen LogP contribution in [0.5, 0.6) is 0 Å². The van der Waals surface area contributed by atoms with Crippen molar-refractivity contribution in [2.24, 2.45) is 5.73 Å². The highest BCUT2D eigenvalue weighted by Gasteiger charge is 2.01. The second-order valence-corrected chi connectivity index (χ2v) is 2.16. The molecule has 0 spiro atoms. The molecule has 0 fully saturated rings. The third-order valence-corrected chi connectivity index (χ3v) is 1.35. The monoisotopic (exact) mass is 152 g/mol. The summed E-state index contributed by atoms with van der Waals surface area (Å²) < 4.78 is 12.3. The number of aromatic nitrogens is 1. The number of pyridine rings is 1. The summed E-state index contributed by atoms with van der Waals surface area (Å²) in [7, 11) is 0. The highest BCUT2D eigenvalue weighted by molar-refractivity contribution is 5.13. The Morgan fingerprint density at radius 3 is 2.82 bits per heavy atom. The van der Waals surface area contributed by atoms with E-state index in [1.54, 1.807) is 12.1 Å². The van der Waals surface area contributed by atoms with E-state index in [0.29, 0.717) is 5.69 Å². The van der Waals surface area contributed by atoms with Crippen LogP contribution in [-0.2, 0) is 0 Å². The third kappa shape index (κ3) is 1.85. The maximum absolute atomic E-state index is 12.3. The van der Waals surface area contributed by atoms with Crippen LogP contribution in [0.25, 0.3) is 0 Å². The van der Waals surface area contributed by atoms with Gasteiger partial charge in [0.25, 0.3) is 0 Å². The Morgan fingerprint density at radius 1 is 1.64 bits per heavy atom. The fourth-order valence-electron chi connectivity index (χ4n) is 0.705. The van der Waals surface area contributed by atoms with E-state index in [1.165, 1.54) is 6.07 Å². The molecule has 0 saturated carbocycles. The predicted octanol–water partition coefficient (Wildman–Crippen LogP) is 1.41. The molecule has 1 aromatic heterocycles. The molecule has 0 aliphatic heterocycles. The molecule has 0 aliphatic carbocycles. The fourth-order valence-corrected chi connectivity index (χ4v) is 0.705. The minimum atomic E-state index is -0.356. The molecule has 2 nitrogen and oxygen atoms in total. The van der Waals surface area contributed by atoms with Gasteiger partial charge >= 0.3 is 0 Å². The second kappa shape index (κ2) is 3.25. The summed E-state index contributed by atoms with van der Waals surface area (Å²) in [6.45, 7) is 3.50. The average molecular weight is 152 g/mol. The summed E-state index contributed by atoms with van der Waals surface area (Å²) in [6.07, 6.45) is 2.69. The quantitative estimate of drug-likeness (QED) is 0.650. The number of nitrogens with zero attached hydrogens (tertiary/aromatic N) is 1. The highest BCUT2D eigenvalue weighted by atomic mass is 19.1. The molecule has 0 bridgehead atoms. The Balaban J connectivity index is 2.89. The summed E-state index contributed by atoms with van der Waals surface area (Å²) in [5.74, 6) is -0.356. The first-order valence-corrected chi connectivity index (χ1v) is 3.23. The van der Waals surface area contributed by atoms with Gasteiger partial charge in [-0.2, -0.15) is 0 Å². The zero-order valence-electron chi connectivity index (χ0n) is 6.00. The normalized spacial score (nSPS) is 12.5. The van der Waals surface area contributed by atoms with Crippen molar-refractivity contribution in [1.29, 1.82) is 0 Å². The molecule has 1 rings (SSSR count). The minimum Gasteiger partial charge on any atom is -0.319 e. The molecule has 0 aromatic carbocycles. The van der Waals surface area contributed by atoms with Crippen LogP contribution >= 0.6 is 0 Å². The van der Waals surface area contributed by atoms with E-state index in [0.717, 1.165) is 6.20 Å². The molecule has 0 radical (unpaired) electrons. The van der Waals surface area contributed by atoms with Gasteiger partial charge in [0.15, 0.2) is 0 Å². The van der Waals surface area contributed by atoms with Crippen LogP contribution in [0.1, 0.15) is 11.7 Å². The molecule has 58 valence electrons. The van der Waals surface area contributed by atoms with Crippen molar-refractivity contribution in [3.8, 4) is 0 Å². The fraction of sp³-hybridized carbons (Fsp3) is 0.125. The first kappa shape index (κ1) is 7.88. The van der Waals surface area contributed by atoms with E-state index >= 15 is 0 Å². The molecule has 3 heteroatoms. The van der Waals surface area contributed by atoms with Gasteiger partial charge in [-0.1, -0.05) is 6.08 Å². The molecule has 0 saturated heterocycles. The lowest BCUT2D eigenvalue weighted by Crippen LogP contribution is -2.08. The van der Waals surface area contributed by atoms with Crippen LogP contribution in [0.2, 0.25) is 0 Å². The summed E-state index contributed by atoms with van der Waals surface area (Å²) in [5, 5.41) is 0. The van der Waals surface area contributed by atoms with Crippen molar-refractivity contribution in [2.75, 3.05) is 0 Å². The number of hydrogen-bond donors (Lipinski definition) is 1. The van der Waals surface area contributed by atoms with Gasteiger partial charge in [0.05, 0.1) is 17.9 Å². The second-order valence-electron chi connectivity index (χ2n) is 2.16. The molecule has 11 heavy (non-hydrogen) atoms. The van der Waals surface area contributed by atoms with E-state index in [2.05, 4.69) is 11.6 Å². The van der Waals surface area contributed by atoms with Crippen molar-refractivity contribution in [1.82, 2.24) is 4.98 Å². The Morgan fingerprint density at radius 2 is 2.36 bits per heavy atom. The van der Waals surface area contributed by atoms with Crippen molar-refractivity contribution in [3.05, 3.63) is 42.5 Å². The standard InChI is InChI=1S/C8H9FN2/c1-2-7(10)8-4-3-6(9)5-11-8/h2-5,7H,1,10H2/t7-/m1/s1. The molecule has 1 aromatic rings. The van der Waals surface area contributed by atoms with Crippen LogP contribution in [0.3, 0.4) is 0 Å². The first-order valence-electron chi connectivity index (χ1n) is 3.23. The van der Waals surface area contributed by atoms with E-state index < -0.39 is 0 Å². The summed E-state index contributed by atoms with van der Waals surface area (Å²) in [4.78, 5) is 3.78. The number of rotatable bonds is 2. The largest absolute Gasteiger partial charge is 0.319 e. The lowest BCUT2D eigenvalue weighted by Gasteiger charge is -2.03. The van der Waals surface area contributed by atoms with Gasteiger partial charge in [0.1, 0.15) is 5.82 Å². The molecule has 0 amide bonds. The maximum atomic E-state index is 12.3. The molecule has 1 heterocycles. The van der Waals surface area contributed by atoms with Gasteiger partial charge < -0.3 is 5.73 Å². The molecule has 1 atom stereocenters. The van der Waals surface area contributed by atoms with Gasteiger partial charge in [0, 0.05) is 0 Å². The van der Waals surface area contributed by atoms with Gasteiger partial charge in [-0.15, -0.1) is 6.58 Å². The van der Waals surface area contributed by atoms with Crippen molar-refractivity contribution in [3.63, 3.8) is 0 Å². The van der Waals surface area contributed by atoms with Gasteiger partial charge in [0.2, 0.25) is 0 Å². The maximum Gasteiger partial charge on any atom is 0.141 e. The topological polar surface area (TPSA) is 38.9 Å². The summed E-state index contributed by atoms with van der Waals surface area (Å²) in [5.41, 5.74) is 6.17. The van der Waals surface area contributed by atoms with E-state index in [-0.39, 0.29) is 11.9 Å². The van der Waals surface area contributed by atoms with E-state index in [4.69, 9.17) is 5.73 Å². The van der Waals surface area contributed by atoms with E-state index in [1.807, 2.05) is 0 Å². The van der Waals surface area contributed by atoms with Crippen molar-refractivity contribution in [2.45, 2.75) is 6.04 Å². The molecule has 0 unspecified atom stereocenters. The first-order chi connectivity index (χ1) is 5.24. The zero-order chi connectivity index (χ0) is 8.27. The van der Waals surface area contributed by atoms with Gasteiger partial charge in [-0.25, -0.2) is 4.39 Å². The van der Waals surface area contributed by atoms with Gasteiger partial charge in [-0.05, 0) is 12.1 Å². The van der Waals surface area contributed by atoms with Gasteiger partial charge in [-0.3, -0.25) is 4.98 Å². The van der Waals surface area contributed by atoms with Crippen LogP contribution in [0, 0.1) is 5.82 Å². The minimum absolute atomic E-state index is 0.310. The molecular formula is C8H9FN2. The number of halogens is 1. The SMILES string of the molecule is C=C[C@@H](N)c1ccc(F)cn1. The van der Waals surface area contributed by atoms with Crippen LogP contribution in [-0.4, -0.2) is 4.98 Å². The lowest BCUT2D eigenvalue weighted by atomic mass is 10.2. The number of hydrogen-bond acceptors (Lipinski definition) is 2. The lowest BCUT2D eigenvalue weighted by molar-refractivity contribution is 0.618.